The number of benzene rings is 2. The first-order valence-corrected chi connectivity index (χ1v) is 8.99. The zero-order valence-electron chi connectivity index (χ0n) is 15.4. The Kier molecular flexibility index (Phi) is 6.12. The van der Waals surface area contributed by atoms with Crippen LogP contribution in [-0.4, -0.2) is 44.8 Å². The molecular formula is C21H26N2O3. The number of amides is 2. The zero-order valence-corrected chi connectivity index (χ0v) is 15.4. The van der Waals surface area contributed by atoms with Crippen molar-refractivity contribution in [2.75, 3.05) is 39.2 Å². The Balaban J connectivity index is 1.69. The summed E-state index contributed by atoms with van der Waals surface area (Å²) in [5.41, 5.74) is 2.89. The molecule has 3 rings (SSSR count). The predicted octanol–water partition coefficient (Wildman–Crippen LogP) is 4.25. The number of piperidine rings is 1. The van der Waals surface area contributed by atoms with Gasteiger partial charge in [-0.25, -0.2) is 4.79 Å². The first-order valence-electron chi connectivity index (χ1n) is 8.99. The van der Waals surface area contributed by atoms with E-state index in [-0.39, 0.29) is 6.03 Å². The number of urea groups is 1. The van der Waals surface area contributed by atoms with E-state index in [0.717, 1.165) is 48.5 Å². The highest BCUT2D eigenvalue weighted by molar-refractivity contribution is 5.90. The molecule has 1 aliphatic rings. The Morgan fingerprint density at radius 3 is 2.69 bits per heavy atom. The van der Waals surface area contributed by atoms with E-state index in [2.05, 4.69) is 5.32 Å². The van der Waals surface area contributed by atoms with Gasteiger partial charge in [0, 0.05) is 31.8 Å². The summed E-state index contributed by atoms with van der Waals surface area (Å²) in [5.74, 6) is 1.23. The van der Waals surface area contributed by atoms with Crippen LogP contribution in [0.3, 0.4) is 0 Å². The molecule has 2 aromatic rings. The van der Waals surface area contributed by atoms with Crippen molar-refractivity contribution in [3.8, 4) is 16.9 Å². The summed E-state index contributed by atoms with van der Waals surface area (Å²) < 4.78 is 10.5. The maximum absolute atomic E-state index is 12.6. The summed E-state index contributed by atoms with van der Waals surface area (Å²) in [5, 5.41) is 3.03. The molecule has 1 atom stereocenters. The van der Waals surface area contributed by atoms with Crippen LogP contribution in [0.15, 0.2) is 48.5 Å². The number of ether oxygens (including phenoxy) is 2. The molecule has 0 spiro atoms. The fourth-order valence-corrected chi connectivity index (χ4v) is 3.40. The van der Waals surface area contributed by atoms with Crippen LogP contribution >= 0.6 is 0 Å². The molecule has 138 valence electrons. The van der Waals surface area contributed by atoms with E-state index in [1.807, 2.05) is 53.4 Å². The minimum Gasteiger partial charge on any atom is -0.497 e. The van der Waals surface area contributed by atoms with Crippen molar-refractivity contribution in [2.45, 2.75) is 12.8 Å². The Bertz CT molecular complexity index is 746. The van der Waals surface area contributed by atoms with E-state index >= 15 is 0 Å². The average molecular weight is 354 g/mol. The third-order valence-electron chi connectivity index (χ3n) is 4.73. The third kappa shape index (κ3) is 4.55. The largest absolute Gasteiger partial charge is 0.497 e. The van der Waals surface area contributed by atoms with Crippen LogP contribution in [-0.2, 0) is 4.74 Å². The van der Waals surface area contributed by atoms with Crippen molar-refractivity contribution in [1.29, 1.82) is 0 Å². The van der Waals surface area contributed by atoms with Crippen LogP contribution < -0.4 is 10.1 Å². The van der Waals surface area contributed by atoms with Crippen molar-refractivity contribution < 1.29 is 14.3 Å². The number of anilines is 1. The number of hydrogen-bond donors (Lipinski definition) is 1. The smallest absolute Gasteiger partial charge is 0.321 e. The van der Waals surface area contributed by atoms with Crippen LogP contribution in [0.4, 0.5) is 10.5 Å². The second-order valence-electron chi connectivity index (χ2n) is 6.65. The highest BCUT2D eigenvalue weighted by Crippen LogP contribution is 2.26. The van der Waals surface area contributed by atoms with Gasteiger partial charge in [-0.15, -0.1) is 0 Å². The molecular weight excluding hydrogens is 328 g/mol. The number of nitrogens with zero attached hydrogens (tertiary/aromatic N) is 1. The molecule has 0 saturated carbocycles. The minimum absolute atomic E-state index is 0.0476. The van der Waals surface area contributed by atoms with E-state index in [0.29, 0.717) is 12.5 Å². The van der Waals surface area contributed by atoms with E-state index in [4.69, 9.17) is 9.47 Å². The summed E-state index contributed by atoms with van der Waals surface area (Å²) in [7, 11) is 3.37. The summed E-state index contributed by atoms with van der Waals surface area (Å²) in [6.07, 6.45) is 2.13. The lowest BCUT2D eigenvalue weighted by Gasteiger charge is -2.32. The molecule has 2 amide bonds. The van der Waals surface area contributed by atoms with Crippen LogP contribution in [0.2, 0.25) is 0 Å². The molecule has 5 nitrogen and oxygen atoms in total. The molecule has 0 aliphatic carbocycles. The van der Waals surface area contributed by atoms with Gasteiger partial charge in [-0.1, -0.05) is 24.3 Å². The van der Waals surface area contributed by atoms with Crippen LogP contribution in [0, 0.1) is 5.92 Å². The summed E-state index contributed by atoms with van der Waals surface area (Å²) in [6, 6.07) is 15.7. The number of carbonyl (C=O) groups excluding carboxylic acids is 1. The van der Waals surface area contributed by atoms with Crippen molar-refractivity contribution in [1.82, 2.24) is 4.90 Å². The van der Waals surface area contributed by atoms with Gasteiger partial charge in [0.05, 0.1) is 13.7 Å². The van der Waals surface area contributed by atoms with E-state index in [9.17, 15) is 4.79 Å². The van der Waals surface area contributed by atoms with Gasteiger partial charge in [0.2, 0.25) is 0 Å². The van der Waals surface area contributed by atoms with Crippen LogP contribution in [0.5, 0.6) is 5.75 Å². The Morgan fingerprint density at radius 2 is 1.92 bits per heavy atom. The molecule has 0 aromatic heterocycles. The van der Waals surface area contributed by atoms with Gasteiger partial charge in [-0.3, -0.25) is 0 Å². The van der Waals surface area contributed by atoms with Crippen molar-refractivity contribution >= 4 is 11.7 Å². The average Bonchev–Trinajstić information content (AvgIpc) is 2.69. The highest BCUT2D eigenvalue weighted by Gasteiger charge is 2.23. The van der Waals surface area contributed by atoms with Crippen LogP contribution in [0.25, 0.3) is 11.1 Å². The van der Waals surface area contributed by atoms with Gasteiger partial charge in [-0.05, 0) is 48.2 Å². The van der Waals surface area contributed by atoms with Gasteiger partial charge in [0.25, 0.3) is 0 Å². The topological polar surface area (TPSA) is 50.8 Å². The van der Waals surface area contributed by atoms with Gasteiger partial charge >= 0.3 is 6.03 Å². The molecule has 0 radical (unpaired) electrons. The van der Waals surface area contributed by atoms with Crippen molar-refractivity contribution in [3.05, 3.63) is 48.5 Å². The Labute approximate surface area is 154 Å². The molecule has 5 heteroatoms. The molecule has 0 bridgehead atoms. The number of rotatable bonds is 5. The molecule has 1 fully saturated rings. The Morgan fingerprint density at radius 1 is 1.15 bits per heavy atom. The number of carbonyl (C=O) groups is 1. The molecule has 1 N–H and O–H groups in total. The van der Waals surface area contributed by atoms with E-state index < -0.39 is 0 Å². The summed E-state index contributed by atoms with van der Waals surface area (Å²) >= 11 is 0. The molecule has 1 heterocycles. The van der Waals surface area contributed by atoms with Gasteiger partial charge in [-0.2, -0.15) is 0 Å². The lowest BCUT2D eigenvalue weighted by atomic mass is 9.99. The number of methoxy groups -OCH3 is 2. The second kappa shape index (κ2) is 8.72. The molecule has 0 unspecified atom stereocenters. The fourth-order valence-electron chi connectivity index (χ4n) is 3.40. The zero-order chi connectivity index (χ0) is 18.4. The second-order valence-corrected chi connectivity index (χ2v) is 6.65. The van der Waals surface area contributed by atoms with Crippen molar-refractivity contribution in [3.63, 3.8) is 0 Å². The lowest BCUT2D eigenvalue weighted by molar-refractivity contribution is 0.104. The molecule has 1 aliphatic heterocycles. The SMILES string of the molecule is COC[C@@H]1CCCN(C(=O)Nc2cccc(-c3cccc(OC)c3)c2)C1. The van der Waals surface area contributed by atoms with Gasteiger partial charge in [0.1, 0.15) is 5.75 Å². The quantitative estimate of drug-likeness (QED) is 0.873. The molecule has 26 heavy (non-hydrogen) atoms. The van der Waals surface area contributed by atoms with Crippen LogP contribution in [0.1, 0.15) is 12.8 Å². The maximum Gasteiger partial charge on any atom is 0.321 e. The predicted molar refractivity (Wildman–Crippen MR) is 104 cm³/mol. The van der Waals surface area contributed by atoms with Crippen molar-refractivity contribution in [2.24, 2.45) is 5.92 Å². The lowest BCUT2D eigenvalue weighted by Crippen LogP contribution is -2.43. The molecule has 1 saturated heterocycles. The van der Waals surface area contributed by atoms with Gasteiger partial charge < -0.3 is 19.7 Å². The summed E-state index contributed by atoms with van der Waals surface area (Å²) in [4.78, 5) is 14.5. The standard InChI is InChI=1S/C21H26N2O3/c1-25-15-16-6-5-11-23(14-16)21(24)22-19-9-3-7-17(12-19)18-8-4-10-20(13-18)26-2/h3-4,7-10,12-13,16H,5-6,11,14-15H2,1-2H3,(H,22,24)/t16-/m1/s1. The van der Waals surface area contributed by atoms with E-state index in [1.54, 1.807) is 14.2 Å². The minimum atomic E-state index is -0.0476. The van der Waals surface area contributed by atoms with E-state index in [1.165, 1.54) is 0 Å². The Hall–Kier alpha value is -2.53. The first-order chi connectivity index (χ1) is 12.7. The maximum atomic E-state index is 12.6. The summed E-state index contributed by atoms with van der Waals surface area (Å²) in [6.45, 7) is 2.24. The fraction of sp³-hybridized carbons (Fsp3) is 0.381. The monoisotopic (exact) mass is 354 g/mol. The van der Waals surface area contributed by atoms with Gasteiger partial charge in [0.15, 0.2) is 0 Å². The number of nitrogens with one attached hydrogen (secondary N) is 1. The number of hydrogen-bond acceptors (Lipinski definition) is 3. The molecule has 2 aromatic carbocycles. The normalized spacial score (nSPS) is 17.0. The third-order valence-corrected chi connectivity index (χ3v) is 4.73. The first kappa shape index (κ1) is 18.3. The highest BCUT2D eigenvalue weighted by atomic mass is 16.5. The number of likely N-dealkylation sites (tertiary alicyclic amines) is 1.